The lowest BCUT2D eigenvalue weighted by molar-refractivity contribution is 0.234. The van der Waals surface area contributed by atoms with Gasteiger partial charge in [-0.15, -0.1) is 6.42 Å². The van der Waals surface area contributed by atoms with Crippen LogP contribution in [0.4, 0.5) is 5.69 Å². The van der Waals surface area contributed by atoms with Crippen LogP contribution in [0.25, 0.3) is 0 Å². The van der Waals surface area contributed by atoms with E-state index < -0.39 is 0 Å². The first-order valence-corrected chi connectivity index (χ1v) is 4.04. The first kappa shape index (κ1) is 9.04. The number of halogens is 1. The second kappa shape index (κ2) is 4.75. The van der Waals surface area contributed by atoms with Crippen LogP contribution in [-0.2, 0) is 4.84 Å². The topological polar surface area (TPSA) is 34.1 Å². The summed E-state index contributed by atoms with van der Waals surface area (Å²) in [6, 6.07) is 1.78. The molecule has 62 valence electrons. The van der Waals surface area contributed by atoms with Crippen LogP contribution in [0.5, 0.6) is 0 Å². The lowest BCUT2D eigenvalue weighted by Crippen LogP contribution is -2.01. The van der Waals surface area contributed by atoms with Crippen molar-refractivity contribution in [2.45, 2.75) is 0 Å². The average Bonchev–Trinajstić information content (AvgIpc) is 2.09. The van der Waals surface area contributed by atoms with Gasteiger partial charge in [0, 0.05) is 12.4 Å². The normalized spacial score (nSPS) is 9.00. The summed E-state index contributed by atoms with van der Waals surface area (Å²) >= 11 is 3.29. The van der Waals surface area contributed by atoms with Crippen molar-refractivity contribution in [1.82, 2.24) is 4.98 Å². The third-order valence-electron chi connectivity index (χ3n) is 1.11. The highest BCUT2D eigenvalue weighted by Crippen LogP contribution is 2.19. The van der Waals surface area contributed by atoms with Crippen LogP contribution < -0.4 is 5.48 Å². The summed E-state index contributed by atoms with van der Waals surface area (Å²) in [5, 5.41) is 0. The second-order valence-corrected chi connectivity index (χ2v) is 2.80. The number of hydrogen-bond donors (Lipinski definition) is 1. The van der Waals surface area contributed by atoms with E-state index in [4.69, 9.17) is 11.3 Å². The van der Waals surface area contributed by atoms with Crippen LogP contribution in [0.15, 0.2) is 22.9 Å². The number of aromatic nitrogens is 1. The highest BCUT2D eigenvalue weighted by atomic mass is 79.9. The molecule has 4 heteroatoms. The summed E-state index contributed by atoms with van der Waals surface area (Å²) in [6.07, 6.45) is 8.32. The third-order valence-corrected chi connectivity index (χ3v) is 1.74. The van der Waals surface area contributed by atoms with Crippen molar-refractivity contribution < 1.29 is 4.84 Å². The molecule has 0 amide bonds. The summed E-state index contributed by atoms with van der Waals surface area (Å²) in [5.41, 5.74) is 3.49. The van der Waals surface area contributed by atoms with Gasteiger partial charge in [-0.05, 0) is 22.0 Å². The number of anilines is 1. The lowest BCUT2D eigenvalue weighted by Gasteiger charge is -2.04. The van der Waals surface area contributed by atoms with Crippen molar-refractivity contribution in [3.05, 3.63) is 22.9 Å². The SMILES string of the molecule is C#CCONc1ccncc1Br. The molecule has 0 aromatic carbocycles. The Balaban J connectivity index is 2.53. The van der Waals surface area contributed by atoms with Crippen molar-refractivity contribution in [3.8, 4) is 12.3 Å². The van der Waals surface area contributed by atoms with Crippen LogP contribution in [0, 0.1) is 12.3 Å². The maximum Gasteiger partial charge on any atom is 0.135 e. The van der Waals surface area contributed by atoms with Crippen LogP contribution in [0.2, 0.25) is 0 Å². The molecule has 1 N–H and O–H groups in total. The minimum atomic E-state index is 0.231. The molecule has 3 nitrogen and oxygen atoms in total. The molecule has 1 rings (SSSR count). The fraction of sp³-hybridized carbons (Fsp3) is 0.125. The van der Waals surface area contributed by atoms with Crippen molar-refractivity contribution in [2.24, 2.45) is 0 Å². The van der Waals surface area contributed by atoms with E-state index in [2.05, 4.69) is 32.3 Å². The van der Waals surface area contributed by atoms with E-state index in [0.717, 1.165) is 10.2 Å². The highest BCUT2D eigenvalue weighted by molar-refractivity contribution is 9.10. The Morgan fingerprint density at radius 1 is 1.75 bits per heavy atom. The van der Waals surface area contributed by atoms with Crippen molar-refractivity contribution in [1.29, 1.82) is 0 Å². The van der Waals surface area contributed by atoms with Gasteiger partial charge in [0.25, 0.3) is 0 Å². The van der Waals surface area contributed by atoms with E-state index >= 15 is 0 Å². The molecule has 0 bridgehead atoms. The number of nitrogens with zero attached hydrogens (tertiary/aromatic N) is 1. The Bertz CT molecular complexity index is 295. The summed E-state index contributed by atoms with van der Waals surface area (Å²) in [7, 11) is 0. The monoisotopic (exact) mass is 226 g/mol. The number of nitrogens with one attached hydrogen (secondary N) is 1. The van der Waals surface area contributed by atoms with Gasteiger partial charge >= 0.3 is 0 Å². The molecule has 0 fully saturated rings. The zero-order chi connectivity index (χ0) is 8.81. The summed E-state index contributed by atoms with van der Waals surface area (Å²) in [6.45, 7) is 0.231. The van der Waals surface area contributed by atoms with Crippen LogP contribution in [0.3, 0.4) is 0 Å². The number of rotatable bonds is 3. The van der Waals surface area contributed by atoms with Gasteiger partial charge in [0.15, 0.2) is 0 Å². The van der Waals surface area contributed by atoms with E-state index in [0.29, 0.717) is 0 Å². The van der Waals surface area contributed by atoms with E-state index in [1.54, 1.807) is 18.5 Å². The molecule has 1 heterocycles. The van der Waals surface area contributed by atoms with Crippen LogP contribution in [0.1, 0.15) is 0 Å². The Hall–Kier alpha value is -1.05. The number of pyridine rings is 1. The fourth-order valence-electron chi connectivity index (χ4n) is 0.613. The first-order valence-electron chi connectivity index (χ1n) is 3.25. The molecule has 0 atom stereocenters. The minimum Gasteiger partial charge on any atom is -0.265 e. The summed E-state index contributed by atoms with van der Waals surface area (Å²) in [4.78, 5) is 8.80. The Kier molecular flexibility index (Phi) is 3.58. The first-order chi connectivity index (χ1) is 5.84. The minimum absolute atomic E-state index is 0.231. The van der Waals surface area contributed by atoms with Gasteiger partial charge in [0.05, 0.1) is 10.2 Å². The van der Waals surface area contributed by atoms with Gasteiger partial charge in [0.1, 0.15) is 6.61 Å². The van der Waals surface area contributed by atoms with E-state index in [-0.39, 0.29) is 6.61 Å². The summed E-state index contributed by atoms with van der Waals surface area (Å²) < 4.78 is 0.835. The number of terminal acetylenes is 1. The van der Waals surface area contributed by atoms with Crippen LogP contribution >= 0.6 is 15.9 Å². The molecule has 0 saturated carbocycles. The van der Waals surface area contributed by atoms with Gasteiger partial charge in [0.2, 0.25) is 0 Å². The average molecular weight is 227 g/mol. The van der Waals surface area contributed by atoms with Gasteiger partial charge in [-0.25, -0.2) is 0 Å². The molecule has 0 aliphatic carbocycles. The maximum atomic E-state index is 4.99. The summed E-state index contributed by atoms with van der Waals surface area (Å²) in [5.74, 6) is 2.34. The van der Waals surface area contributed by atoms with Gasteiger partial charge in [-0.3, -0.25) is 15.3 Å². The Morgan fingerprint density at radius 2 is 2.58 bits per heavy atom. The molecule has 0 radical (unpaired) electrons. The van der Waals surface area contributed by atoms with Crippen molar-refractivity contribution >= 4 is 21.6 Å². The maximum absolute atomic E-state index is 4.99. The third kappa shape index (κ3) is 2.53. The Labute approximate surface area is 79.2 Å². The molecular weight excluding hydrogens is 220 g/mol. The quantitative estimate of drug-likeness (QED) is 0.485. The van der Waals surface area contributed by atoms with E-state index in [1.807, 2.05) is 0 Å². The zero-order valence-electron chi connectivity index (χ0n) is 6.25. The molecule has 12 heavy (non-hydrogen) atoms. The predicted octanol–water partition coefficient (Wildman–Crippen LogP) is 1.82. The standard InChI is InChI=1S/C8H7BrN2O/c1-2-5-12-11-8-3-4-10-6-7(8)9/h1,3-4,6H,5H2,(H,10,11). The molecule has 0 aliphatic heterocycles. The predicted molar refractivity (Wildman–Crippen MR) is 50.3 cm³/mol. The smallest absolute Gasteiger partial charge is 0.135 e. The van der Waals surface area contributed by atoms with Gasteiger partial charge in [-0.1, -0.05) is 5.92 Å². The number of hydrogen-bond acceptors (Lipinski definition) is 3. The van der Waals surface area contributed by atoms with Crippen LogP contribution in [-0.4, -0.2) is 11.6 Å². The molecule has 0 aliphatic rings. The lowest BCUT2D eigenvalue weighted by atomic mass is 10.4. The molecule has 0 spiro atoms. The second-order valence-electron chi connectivity index (χ2n) is 1.95. The molecule has 0 saturated heterocycles. The van der Waals surface area contributed by atoms with E-state index in [9.17, 15) is 0 Å². The van der Waals surface area contributed by atoms with Gasteiger partial charge in [-0.2, -0.15) is 0 Å². The molecule has 1 aromatic heterocycles. The van der Waals surface area contributed by atoms with E-state index in [1.165, 1.54) is 0 Å². The zero-order valence-corrected chi connectivity index (χ0v) is 7.84. The molecule has 0 unspecified atom stereocenters. The largest absolute Gasteiger partial charge is 0.265 e. The fourth-order valence-corrected chi connectivity index (χ4v) is 0.945. The highest BCUT2D eigenvalue weighted by Gasteiger charge is 1.95. The Morgan fingerprint density at radius 3 is 3.25 bits per heavy atom. The molecular formula is C8H7BrN2O. The van der Waals surface area contributed by atoms with Crippen molar-refractivity contribution in [2.75, 3.05) is 12.1 Å². The molecule has 1 aromatic rings. The van der Waals surface area contributed by atoms with Crippen molar-refractivity contribution in [3.63, 3.8) is 0 Å². The van der Waals surface area contributed by atoms with Gasteiger partial charge < -0.3 is 0 Å².